The van der Waals surface area contributed by atoms with Crippen LogP contribution in [0.3, 0.4) is 0 Å². The lowest BCUT2D eigenvalue weighted by Crippen LogP contribution is -2.46. The average Bonchev–Trinajstić information content (AvgIpc) is 2.94. The number of amides is 2. The number of benzene rings is 2. The lowest BCUT2D eigenvalue weighted by Gasteiger charge is -2.25. The van der Waals surface area contributed by atoms with Gasteiger partial charge in [0.1, 0.15) is 11.9 Å². The van der Waals surface area contributed by atoms with Gasteiger partial charge in [0.25, 0.3) is 11.8 Å². The van der Waals surface area contributed by atoms with E-state index in [4.69, 9.17) is 27.9 Å². The van der Waals surface area contributed by atoms with E-state index in [1.807, 2.05) is 13.8 Å². The van der Waals surface area contributed by atoms with Crippen LogP contribution in [0.15, 0.2) is 36.4 Å². The molecule has 0 bridgehead atoms. The fourth-order valence-corrected chi connectivity index (χ4v) is 3.57. The van der Waals surface area contributed by atoms with Gasteiger partial charge in [-0.2, -0.15) is 0 Å². The average molecular weight is 466 g/mol. The minimum absolute atomic E-state index is 0.0448. The summed E-state index contributed by atoms with van der Waals surface area (Å²) in [6, 6.07) is 6.12. The third kappa shape index (κ3) is 4.78. The van der Waals surface area contributed by atoms with Gasteiger partial charge in [0.2, 0.25) is 0 Å². The Bertz CT molecular complexity index is 1030. The third-order valence-electron chi connectivity index (χ3n) is 4.75. The molecule has 2 aromatic rings. The first-order chi connectivity index (χ1) is 14.6. The number of rotatable bonds is 7. The van der Waals surface area contributed by atoms with Gasteiger partial charge in [0, 0.05) is 5.56 Å². The molecule has 0 unspecified atom stereocenters. The number of imide groups is 1. The number of ether oxygens (including phenoxy) is 1. The standard InChI is InChI=1S/C22H18Cl2FNO5/c1-11(2)7-18(22(30)31-10-19(27)12-3-5-13(25)6-4-12)26-20(28)14-8-16(23)17(24)9-15(14)21(26)29/h3-6,8-9,11,18H,7,10H2,1-2H3/t18-/m0/s1. The van der Waals surface area contributed by atoms with Gasteiger partial charge in [0.05, 0.1) is 21.2 Å². The first-order valence-electron chi connectivity index (χ1n) is 9.42. The van der Waals surface area contributed by atoms with Gasteiger partial charge in [-0.25, -0.2) is 9.18 Å². The highest BCUT2D eigenvalue weighted by Crippen LogP contribution is 2.33. The Hall–Kier alpha value is -2.77. The largest absolute Gasteiger partial charge is 0.456 e. The third-order valence-corrected chi connectivity index (χ3v) is 5.47. The highest BCUT2D eigenvalue weighted by Gasteiger charge is 2.44. The molecule has 1 heterocycles. The Labute approximate surface area is 187 Å². The maximum atomic E-state index is 13.0. The van der Waals surface area contributed by atoms with Crippen LogP contribution in [-0.4, -0.2) is 41.1 Å². The summed E-state index contributed by atoms with van der Waals surface area (Å²) in [5.41, 5.74) is 0.256. The topological polar surface area (TPSA) is 80.8 Å². The molecule has 0 spiro atoms. The van der Waals surface area contributed by atoms with Crippen molar-refractivity contribution in [1.29, 1.82) is 0 Å². The molecule has 0 radical (unpaired) electrons. The van der Waals surface area contributed by atoms with Gasteiger partial charge < -0.3 is 4.74 Å². The van der Waals surface area contributed by atoms with Gasteiger partial charge in [-0.3, -0.25) is 19.3 Å². The monoisotopic (exact) mass is 465 g/mol. The van der Waals surface area contributed by atoms with Gasteiger partial charge in [-0.1, -0.05) is 37.0 Å². The Morgan fingerprint density at radius 1 is 1.00 bits per heavy atom. The SMILES string of the molecule is CC(C)C[C@@H](C(=O)OCC(=O)c1ccc(F)cc1)N1C(=O)c2cc(Cl)c(Cl)cc2C1=O. The van der Waals surface area contributed by atoms with Crippen molar-refractivity contribution in [3.05, 3.63) is 69.0 Å². The molecule has 3 rings (SSSR count). The number of carbonyl (C=O) groups is 4. The second kappa shape index (κ2) is 9.16. The number of nitrogens with zero attached hydrogens (tertiary/aromatic N) is 1. The van der Waals surface area contributed by atoms with Crippen LogP contribution in [0.5, 0.6) is 0 Å². The smallest absolute Gasteiger partial charge is 0.329 e. The normalized spacial score (nSPS) is 14.1. The van der Waals surface area contributed by atoms with Crippen molar-refractivity contribution in [2.24, 2.45) is 5.92 Å². The number of Topliss-reactive ketones (excluding diaryl/α,β-unsaturated/α-hetero) is 1. The maximum Gasteiger partial charge on any atom is 0.329 e. The van der Waals surface area contributed by atoms with E-state index in [0.29, 0.717) is 0 Å². The van der Waals surface area contributed by atoms with Crippen molar-refractivity contribution >= 4 is 46.8 Å². The first kappa shape index (κ1) is 22.9. The summed E-state index contributed by atoms with van der Waals surface area (Å²) in [5, 5.41) is 0.215. The lowest BCUT2D eigenvalue weighted by molar-refractivity contribution is -0.147. The predicted octanol–water partition coefficient (Wildman–Crippen LogP) is 4.57. The summed E-state index contributed by atoms with van der Waals surface area (Å²) in [6.07, 6.45) is 0.135. The molecular formula is C22H18Cl2FNO5. The summed E-state index contributed by atoms with van der Waals surface area (Å²) in [6.45, 7) is 3.02. The Morgan fingerprint density at radius 2 is 1.52 bits per heavy atom. The molecule has 0 fully saturated rings. The molecule has 0 aromatic heterocycles. The van der Waals surface area contributed by atoms with Crippen LogP contribution in [0.25, 0.3) is 0 Å². The van der Waals surface area contributed by atoms with Crippen molar-refractivity contribution in [1.82, 2.24) is 4.90 Å². The predicted molar refractivity (Wildman–Crippen MR) is 112 cm³/mol. The van der Waals surface area contributed by atoms with Crippen LogP contribution >= 0.6 is 23.2 Å². The fraction of sp³-hybridized carbons (Fsp3) is 0.273. The van der Waals surface area contributed by atoms with E-state index in [1.165, 1.54) is 24.3 Å². The first-order valence-corrected chi connectivity index (χ1v) is 10.2. The summed E-state index contributed by atoms with van der Waals surface area (Å²) in [7, 11) is 0. The summed E-state index contributed by atoms with van der Waals surface area (Å²) < 4.78 is 18.1. The molecule has 0 aliphatic carbocycles. The Balaban J connectivity index is 1.80. The Morgan fingerprint density at radius 3 is 2.00 bits per heavy atom. The summed E-state index contributed by atoms with van der Waals surface area (Å²) in [5.74, 6) is -3.39. The molecule has 1 atom stereocenters. The molecule has 0 saturated carbocycles. The van der Waals surface area contributed by atoms with Crippen molar-refractivity contribution in [2.45, 2.75) is 26.3 Å². The molecule has 1 aliphatic heterocycles. The second-order valence-electron chi connectivity index (χ2n) is 7.48. The Kier molecular flexibility index (Phi) is 6.77. The minimum atomic E-state index is -1.23. The zero-order chi connectivity index (χ0) is 22.9. The van der Waals surface area contributed by atoms with Gasteiger partial charge in [-0.05, 0) is 48.7 Å². The second-order valence-corrected chi connectivity index (χ2v) is 8.29. The number of hydrogen-bond acceptors (Lipinski definition) is 5. The highest BCUT2D eigenvalue weighted by molar-refractivity contribution is 6.43. The van der Waals surface area contributed by atoms with E-state index in [0.717, 1.165) is 17.0 Å². The van der Waals surface area contributed by atoms with Crippen LogP contribution in [0, 0.1) is 11.7 Å². The number of hydrogen-bond donors (Lipinski definition) is 0. The maximum absolute atomic E-state index is 13.0. The molecule has 6 nitrogen and oxygen atoms in total. The van der Waals surface area contributed by atoms with Crippen LogP contribution < -0.4 is 0 Å². The number of carbonyl (C=O) groups excluding carboxylic acids is 4. The molecule has 2 aromatic carbocycles. The molecule has 31 heavy (non-hydrogen) atoms. The molecule has 0 saturated heterocycles. The quantitative estimate of drug-likeness (QED) is 0.339. The van der Waals surface area contributed by atoms with Crippen molar-refractivity contribution < 1.29 is 28.3 Å². The van der Waals surface area contributed by atoms with E-state index in [9.17, 15) is 23.6 Å². The van der Waals surface area contributed by atoms with E-state index >= 15 is 0 Å². The van der Waals surface area contributed by atoms with E-state index in [1.54, 1.807) is 0 Å². The van der Waals surface area contributed by atoms with Crippen LogP contribution in [-0.2, 0) is 9.53 Å². The van der Waals surface area contributed by atoms with Crippen molar-refractivity contribution in [3.8, 4) is 0 Å². The van der Waals surface area contributed by atoms with Gasteiger partial charge >= 0.3 is 5.97 Å². The number of esters is 1. The summed E-state index contributed by atoms with van der Waals surface area (Å²) >= 11 is 11.9. The summed E-state index contributed by atoms with van der Waals surface area (Å²) in [4.78, 5) is 51.6. The molecule has 1 aliphatic rings. The zero-order valence-electron chi connectivity index (χ0n) is 16.7. The van der Waals surface area contributed by atoms with Crippen LogP contribution in [0.1, 0.15) is 51.3 Å². The van der Waals surface area contributed by atoms with Crippen LogP contribution in [0.4, 0.5) is 4.39 Å². The lowest BCUT2D eigenvalue weighted by atomic mass is 10.0. The molecule has 2 amide bonds. The van der Waals surface area contributed by atoms with E-state index in [-0.39, 0.29) is 39.1 Å². The number of fused-ring (bicyclic) bond motifs is 1. The molecule has 9 heteroatoms. The number of ketones is 1. The van der Waals surface area contributed by atoms with Crippen molar-refractivity contribution in [3.63, 3.8) is 0 Å². The molecule has 162 valence electrons. The highest BCUT2D eigenvalue weighted by atomic mass is 35.5. The van der Waals surface area contributed by atoms with Gasteiger partial charge in [-0.15, -0.1) is 0 Å². The van der Waals surface area contributed by atoms with E-state index < -0.39 is 42.0 Å². The van der Waals surface area contributed by atoms with E-state index in [2.05, 4.69) is 0 Å². The van der Waals surface area contributed by atoms with Gasteiger partial charge in [0.15, 0.2) is 12.4 Å². The molecule has 0 N–H and O–H groups in total. The van der Waals surface area contributed by atoms with Crippen LogP contribution in [0.2, 0.25) is 10.0 Å². The zero-order valence-corrected chi connectivity index (χ0v) is 18.2. The fourth-order valence-electron chi connectivity index (χ4n) is 3.24. The number of halogens is 3. The molecular weight excluding hydrogens is 448 g/mol. The minimum Gasteiger partial charge on any atom is -0.456 e. The van der Waals surface area contributed by atoms with Crippen molar-refractivity contribution in [2.75, 3.05) is 6.61 Å².